The maximum absolute atomic E-state index is 12.9. The molecule has 0 atom stereocenters. The third-order valence-corrected chi connectivity index (χ3v) is 5.16. The maximum atomic E-state index is 12.9. The number of aromatic amines is 1. The fourth-order valence-corrected chi connectivity index (χ4v) is 3.64. The summed E-state index contributed by atoms with van der Waals surface area (Å²) in [6.07, 6.45) is 0.985. The molecule has 7 nitrogen and oxygen atoms in total. The number of nitrogens with zero attached hydrogens (tertiary/aromatic N) is 2. The summed E-state index contributed by atoms with van der Waals surface area (Å²) in [7, 11) is 3.06. The van der Waals surface area contributed by atoms with Crippen LogP contribution in [0.5, 0.6) is 11.5 Å². The summed E-state index contributed by atoms with van der Waals surface area (Å²) in [5.41, 5.74) is 3.74. The zero-order valence-corrected chi connectivity index (χ0v) is 16.6. The van der Waals surface area contributed by atoms with E-state index in [0.717, 1.165) is 37.3 Å². The molecule has 7 heteroatoms. The smallest absolute Gasteiger partial charge is 0.264 e. The lowest BCUT2D eigenvalue weighted by Crippen LogP contribution is -2.21. The number of carbonyl (C=O) groups is 1. The van der Waals surface area contributed by atoms with Gasteiger partial charge in [-0.05, 0) is 24.1 Å². The molecule has 0 saturated carbocycles. The number of ether oxygens (including phenoxy) is 2. The Labute approximate surface area is 169 Å². The molecule has 1 aliphatic rings. The SMILES string of the molecule is COc1cccc(OC)c1C(=O)Nc1n[nH]c2c1CN(CCc1ccccc1)C2. The molecule has 2 N–H and O–H groups in total. The summed E-state index contributed by atoms with van der Waals surface area (Å²) in [6, 6.07) is 15.7. The van der Waals surface area contributed by atoms with E-state index in [1.807, 2.05) is 6.07 Å². The van der Waals surface area contributed by atoms with Crippen molar-refractivity contribution in [2.24, 2.45) is 0 Å². The number of carbonyl (C=O) groups excluding carboxylic acids is 1. The van der Waals surface area contributed by atoms with Crippen molar-refractivity contribution in [3.63, 3.8) is 0 Å². The first-order chi connectivity index (χ1) is 14.2. The molecule has 0 unspecified atom stereocenters. The van der Waals surface area contributed by atoms with Crippen LogP contribution in [0.2, 0.25) is 0 Å². The standard InChI is InChI=1S/C22H24N4O3/c1-28-18-9-6-10-19(29-2)20(18)22(27)23-21-16-13-26(14-17(16)24-25-21)12-11-15-7-4-3-5-8-15/h3-10H,11-14H2,1-2H3,(H2,23,24,25,27). The lowest BCUT2D eigenvalue weighted by atomic mass is 10.1. The van der Waals surface area contributed by atoms with Gasteiger partial charge < -0.3 is 14.8 Å². The molecule has 29 heavy (non-hydrogen) atoms. The van der Waals surface area contributed by atoms with E-state index in [9.17, 15) is 4.79 Å². The molecule has 0 bridgehead atoms. The summed E-state index contributed by atoms with van der Waals surface area (Å²) in [6.45, 7) is 2.49. The van der Waals surface area contributed by atoms with Crippen molar-refractivity contribution in [1.82, 2.24) is 15.1 Å². The van der Waals surface area contributed by atoms with Gasteiger partial charge in [-0.1, -0.05) is 36.4 Å². The van der Waals surface area contributed by atoms with E-state index in [-0.39, 0.29) is 5.91 Å². The van der Waals surface area contributed by atoms with Gasteiger partial charge in [0.05, 0.1) is 19.9 Å². The summed E-state index contributed by atoms with van der Waals surface area (Å²) in [4.78, 5) is 15.3. The zero-order chi connectivity index (χ0) is 20.2. The Morgan fingerprint density at radius 3 is 2.48 bits per heavy atom. The number of benzene rings is 2. The summed E-state index contributed by atoms with van der Waals surface area (Å²) < 4.78 is 10.7. The van der Waals surface area contributed by atoms with Gasteiger partial charge in [0.15, 0.2) is 5.82 Å². The Bertz CT molecular complexity index is 978. The number of amides is 1. The number of H-pyrrole nitrogens is 1. The van der Waals surface area contributed by atoms with Gasteiger partial charge in [0.25, 0.3) is 5.91 Å². The van der Waals surface area contributed by atoms with E-state index < -0.39 is 0 Å². The van der Waals surface area contributed by atoms with Crippen molar-refractivity contribution < 1.29 is 14.3 Å². The normalized spacial score (nSPS) is 13.2. The monoisotopic (exact) mass is 392 g/mol. The zero-order valence-electron chi connectivity index (χ0n) is 16.6. The van der Waals surface area contributed by atoms with E-state index >= 15 is 0 Å². The van der Waals surface area contributed by atoms with Crippen LogP contribution in [0.4, 0.5) is 5.82 Å². The number of aromatic nitrogens is 2. The average Bonchev–Trinajstić information content (AvgIpc) is 3.33. The summed E-state index contributed by atoms with van der Waals surface area (Å²) >= 11 is 0. The molecule has 1 aromatic heterocycles. The summed E-state index contributed by atoms with van der Waals surface area (Å²) in [5.74, 6) is 1.16. The van der Waals surface area contributed by atoms with E-state index in [1.165, 1.54) is 19.8 Å². The average molecular weight is 392 g/mol. The van der Waals surface area contributed by atoms with Crippen LogP contribution in [0.15, 0.2) is 48.5 Å². The van der Waals surface area contributed by atoms with Gasteiger partial charge in [0.1, 0.15) is 17.1 Å². The molecule has 0 fully saturated rings. The molecular formula is C22H24N4O3. The first kappa shape index (κ1) is 19.0. The van der Waals surface area contributed by atoms with Crippen LogP contribution in [-0.2, 0) is 19.5 Å². The van der Waals surface area contributed by atoms with Crippen molar-refractivity contribution in [3.8, 4) is 11.5 Å². The number of methoxy groups -OCH3 is 2. The maximum Gasteiger partial charge on any atom is 0.264 e. The van der Waals surface area contributed by atoms with E-state index in [1.54, 1.807) is 18.2 Å². The highest BCUT2D eigenvalue weighted by Gasteiger charge is 2.27. The van der Waals surface area contributed by atoms with E-state index in [0.29, 0.717) is 22.9 Å². The van der Waals surface area contributed by atoms with Crippen molar-refractivity contribution in [2.45, 2.75) is 19.5 Å². The Kier molecular flexibility index (Phi) is 5.48. The van der Waals surface area contributed by atoms with Gasteiger partial charge in [-0.3, -0.25) is 14.8 Å². The lowest BCUT2D eigenvalue weighted by molar-refractivity contribution is 0.102. The molecule has 4 rings (SSSR count). The third-order valence-electron chi connectivity index (χ3n) is 5.16. The number of rotatable bonds is 7. The molecular weight excluding hydrogens is 368 g/mol. The largest absolute Gasteiger partial charge is 0.496 e. The molecule has 2 aromatic carbocycles. The van der Waals surface area contributed by atoms with Crippen molar-refractivity contribution in [1.29, 1.82) is 0 Å². The first-order valence-corrected chi connectivity index (χ1v) is 9.54. The van der Waals surface area contributed by atoms with Gasteiger partial charge in [-0.2, -0.15) is 5.10 Å². The number of fused-ring (bicyclic) bond motifs is 1. The summed E-state index contributed by atoms with van der Waals surface area (Å²) in [5, 5.41) is 10.3. The topological polar surface area (TPSA) is 79.5 Å². The molecule has 0 aliphatic carbocycles. The number of anilines is 1. The quantitative estimate of drug-likeness (QED) is 0.645. The lowest BCUT2D eigenvalue weighted by Gasteiger charge is -2.15. The Morgan fingerprint density at radius 2 is 1.79 bits per heavy atom. The van der Waals surface area contributed by atoms with E-state index in [2.05, 4.69) is 44.7 Å². The Balaban J connectivity index is 1.45. The highest BCUT2D eigenvalue weighted by Crippen LogP contribution is 2.31. The van der Waals surface area contributed by atoms with Gasteiger partial charge in [0, 0.05) is 25.2 Å². The van der Waals surface area contributed by atoms with Crippen molar-refractivity contribution in [3.05, 3.63) is 70.9 Å². The predicted octanol–water partition coefficient (Wildman–Crippen LogP) is 3.24. The fourth-order valence-electron chi connectivity index (χ4n) is 3.64. The fraction of sp³-hybridized carbons (Fsp3) is 0.273. The van der Waals surface area contributed by atoms with Gasteiger partial charge in [-0.25, -0.2) is 0 Å². The molecule has 0 radical (unpaired) electrons. The van der Waals surface area contributed by atoms with Gasteiger partial charge >= 0.3 is 0 Å². The van der Waals surface area contributed by atoms with Crippen LogP contribution in [0.3, 0.4) is 0 Å². The highest BCUT2D eigenvalue weighted by molar-refractivity contribution is 6.08. The first-order valence-electron chi connectivity index (χ1n) is 9.54. The van der Waals surface area contributed by atoms with Crippen molar-refractivity contribution >= 4 is 11.7 Å². The van der Waals surface area contributed by atoms with Crippen LogP contribution in [0.25, 0.3) is 0 Å². The van der Waals surface area contributed by atoms with Gasteiger partial charge in [-0.15, -0.1) is 0 Å². The van der Waals surface area contributed by atoms with Gasteiger partial charge in [0.2, 0.25) is 0 Å². The molecule has 3 aromatic rings. The van der Waals surface area contributed by atoms with E-state index in [4.69, 9.17) is 9.47 Å². The minimum atomic E-state index is -0.309. The Morgan fingerprint density at radius 1 is 1.07 bits per heavy atom. The second-order valence-corrected chi connectivity index (χ2v) is 6.97. The minimum absolute atomic E-state index is 0.309. The van der Waals surface area contributed by atoms with Crippen LogP contribution in [-0.4, -0.2) is 41.8 Å². The minimum Gasteiger partial charge on any atom is -0.496 e. The molecule has 0 spiro atoms. The second-order valence-electron chi connectivity index (χ2n) is 6.97. The third kappa shape index (κ3) is 3.95. The molecule has 2 heterocycles. The second kappa shape index (κ2) is 8.36. The van der Waals surface area contributed by atoms with Crippen LogP contribution < -0.4 is 14.8 Å². The molecule has 0 saturated heterocycles. The number of nitrogens with one attached hydrogen (secondary N) is 2. The molecule has 1 amide bonds. The van der Waals surface area contributed by atoms with Crippen molar-refractivity contribution in [2.75, 3.05) is 26.1 Å². The van der Waals surface area contributed by atoms with Crippen LogP contribution >= 0.6 is 0 Å². The Hall–Kier alpha value is -3.32. The number of hydrogen-bond donors (Lipinski definition) is 2. The molecule has 1 aliphatic heterocycles. The molecule has 150 valence electrons. The van der Waals surface area contributed by atoms with Crippen LogP contribution in [0, 0.1) is 0 Å². The number of hydrogen-bond acceptors (Lipinski definition) is 5. The highest BCUT2D eigenvalue weighted by atomic mass is 16.5. The predicted molar refractivity (Wildman–Crippen MR) is 110 cm³/mol. The van der Waals surface area contributed by atoms with Crippen LogP contribution in [0.1, 0.15) is 27.2 Å².